The van der Waals surface area contributed by atoms with Gasteiger partial charge in [-0.15, -0.1) is 0 Å². The monoisotopic (exact) mass is 334 g/mol. The highest BCUT2D eigenvalue weighted by Crippen LogP contribution is 2.36. The highest BCUT2D eigenvalue weighted by molar-refractivity contribution is 9.10. The van der Waals surface area contributed by atoms with Gasteiger partial charge in [-0.05, 0) is 18.2 Å². The fraction of sp³-hybridized carbons (Fsp3) is 0.100. The third kappa shape index (κ3) is 3.11. The van der Waals surface area contributed by atoms with Crippen molar-refractivity contribution >= 4 is 27.5 Å². The molecule has 0 saturated carbocycles. The van der Waals surface area contributed by atoms with E-state index in [2.05, 4.69) is 36.4 Å². The highest BCUT2D eigenvalue weighted by Gasteiger charge is 2.34. The van der Waals surface area contributed by atoms with E-state index in [-0.39, 0.29) is 16.0 Å². The van der Waals surface area contributed by atoms with E-state index in [4.69, 9.17) is 0 Å². The Balaban J connectivity index is 2.33. The van der Waals surface area contributed by atoms with Gasteiger partial charge in [0.25, 0.3) is 5.91 Å². The van der Waals surface area contributed by atoms with Gasteiger partial charge in [-0.2, -0.15) is 18.3 Å². The van der Waals surface area contributed by atoms with Gasteiger partial charge in [0, 0.05) is 4.47 Å². The number of carbonyl (C=O) groups excluding carboxylic acids is 1. The summed E-state index contributed by atoms with van der Waals surface area (Å²) in [6.07, 6.45) is -3.49. The fourth-order valence-corrected chi connectivity index (χ4v) is 1.72. The number of benzene rings is 1. The lowest BCUT2D eigenvalue weighted by molar-refractivity contribution is -0.136. The van der Waals surface area contributed by atoms with Crippen molar-refractivity contribution in [2.75, 3.05) is 5.32 Å². The molecule has 0 bridgehead atoms. The molecule has 1 aromatic carbocycles. The largest absolute Gasteiger partial charge is 0.418 e. The van der Waals surface area contributed by atoms with Crippen LogP contribution in [0, 0.1) is 0 Å². The fourth-order valence-electron chi connectivity index (χ4n) is 1.36. The van der Waals surface area contributed by atoms with Crippen molar-refractivity contribution < 1.29 is 18.0 Å². The molecule has 0 aliphatic heterocycles. The average Bonchev–Trinajstić information content (AvgIpc) is 2.83. The molecule has 2 N–H and O–H groups in total. The molecular formula is C10H6BrF3N4O. The van der Waals surface area contributed by atoms with Crippen molar-refractivity contribution in [3.05, 3.63) is 40.4 Å². The van der Waals surface area contributed by atoms with Gasteiger partial charge in [-0.1, -0.05) is 15.9 Å². The molecule has 2 aromatic rings. The molecule has 19 heavy (non-hydrogen) atoms. The smallest absolute Gasteiger partial charge is 0.319 e. The van der Waals surface area contributed by atoms with Crippen LogP contribution >= 0.6 is 15.9 Å². The Kier molecular flexibility index (Phi) is 3.56. The zero-order chi connectivity index (χ0) is 14.0. The van der Waals surface area contributed by atoms with Gasteiger partial charge in [0.2, 0.25) is 5.82 Å². The molecule has 0 atom stereocenters. The maximum Gasteiger partial charge on any atom is 0.418 e. The van der Waals surface area contributed by atoms with Gasteiger partial charge in [-0.25, -0.2) is 4.98 Å². The van der Waals surface area contributed by atoms with Crippen LogP contribution in [0.1, 0.15) is 16.2 Å². The van der Waals surface area contributed by atoms with Gasteiger partial charge in [-0.3, -0.25) is 9.89 Å². The Morgan fingerprint density at radius 1 is 1.37 bits per heavy atom. The first-order chi connectivity index (χ1) is 8.88. The van der Waals surface area contributed by atoms with Crippen molar-refractivity contribution in [3.63, 3.8) is 0 Å². The van der Waals surface area contributed by atoms with E-state index in [1.165, 1.54) is 6.07 Å². The number of nitrogens with one attached hydrogen (secondary N) is 2. The molecular weight excluding hydrogens is 329 g/mol. The molecule has 2 rings (SSSR count). The first-order valence-corrected chi connectivity index (χ1v) is 5.70. The van der Waals surface area contributed by atoms with Crippen LogP contribution in [0.4, 0.5) is 18.9 Å². The van der Waals surface area contributed by atoms with Crippen LogP contribution in [0.5, 0.6) is 0 Å². The number of nitrogens with zero attached hydrogens (tertiary/aromatic N) is 2. The highest BCUT2D eigenvalue weighted by atomic mass is 79.9. The van der Waals surface area contributed by atoms with Crippen LogP contribution in [-0.4, -0.2) is 21.1 Å². The molecule has 1 amide bonds. The van der Waals surface area contributed by atoms with Crippen LogP contribution in [0.15, 0.2) is 29.0 Å². The third-order valence-electron chi connectivity index (χ3n) is 2.17. The Bertz CT molecular complexity index is 597. The predicted molar refractivity (Wildman–Crippen MR) is 63.5 cm³/mol. The number of hydrogen-bond acceptors (Lipinski definition) is 3. The lowest BCUT2D eigenvalue weighted by Gasteiger charge is -2.13. The summed E-state index contributed by atoms with van der Waals surface area (Å²) >= 11 is 2.95. The van der Waals surface area contributed by atoms with Gasteiger partial charge < -0.3 is 5.32 Å². The lowest BCUT2D eigenvalue weighted by Crippen LogP contribution is -2.17. The molecule has 0 aliphatic carbocycles. The van der Waals surface area contributed by atoms with E-state index in [0.29, 0.717) is 0 Å². The minimum Gasteiger partial charge on any atom is -0.319 e. The number of hydrogen-bond donors (Lipinski definition) is 2. The molecule has 1 heterocycles. The normalized spacial score (nSPS) is 11.4. The standard InChI is InChI=1S/C10H6BrF3N4O/c11-5-1-2-7(6(3-5)10(12,13)14)17-9(19)8-15-4-16-18-8/h1-4H,(H,17,19)(H,15,16,18). The molecule has 0 saturated heterocycles. The van der Waals surface area contributed by atoms with E-state index >= 15 is 0 Å². The Morgan fingerprint density at radius 3 is 2.68 bits per heavy atom. The summed E-state index contributed by atoms with van der Waals surface area (Å²) in [4.78, 5) is 15.2. The molecule has 5 nitrogen and oxygen atoms in total. The number of aromatic nitrogens is 3. The van der Waals surface area contributed by atoms with E-state index in [9.17, 15) is 18.0 Å². The summed E-state index contributed by atoms with van der Waals surface area (Å²) in [6, 6.07) is 3.43. The van der Waals surface area contributed by atoms with Crippen molar-refractivity contribution in [1.82, 2.24) is 15.2 Å². The third-order valence-corrected chi connectivity index (χ3v) is 2.66. The van der Waals surface area contributed by atoms with E-state index in [1.807, 2.05) is 0 Å². The number of H-pyrrole nitrogens is 1. The number of alkyl halides is 3. The molecule has 0 radical (unpaired) electrons. The zero-order valence-corrected chi connectivity index (χ0v) is 10.7. The molecule has 0 unspecified atom stereocenters. The minimum absolute atomic E-state index is 0.170. The topological polar surface area (TPSA) is 70.7 Å². The van der Waals surface area contributed by atoms with Crippen LogP contribution in [0.25, 0.3) is 0 Å². The van der Waals surface area contributed by atoms with Crippen LogP contribution < -0.4 is 5.32 Å². The molecule has 100 valence electrons. The second-order valence-corrected chi connectivity index (χ2v) is 4.39. The number of amides is 1. The number of halogens is 4. The summed E-state index contributed by atoms with van der Waals surface area (Å²) in [6.45, 7) is 0. The Hall–Kier alpha value is -1.90. The van der Waals surface area contributed by atoms with Crippen molar-refractivity contribution in [2.24, 2.45) is 0 Å². The van der Waals surface area contributed by atoms with Gasteiger partial charge in [0.05, 0.1) is 11.3 Å². The number of aromatic amines is 1. The second kappa shape index (κ2) is 5.00. The maximum absolute atomic E-state index is 12.8. The average molecular weight is 335 g/mol. The lowest BCUT2D eigenvalue weighted by atomic mass is 10.1. The molecule has 1 aromatic heterocycles. The number of rotatable bonds is 2. The zero-order valence-electron chi connectivity index (χ0n) is 9.12. The molecule has 0 fully saturated rings. The summed E-state index contributed by atoms with van der Waals surface area (Å²) in [5.41, 5.74) is -1.30. The summed E-state index contributed by atoms with van der Waals surface area (Å²) in [5.74, 6) is -0.971. The first kappa shape index (κ1) is 13.5. The molecule has 0 spiro atoms. The predicted octanol–water partition coefficient (Wildman–Crippen LogP) is 2.84. The molecule has 9 heteroatoms. The van der Waals surface area contributed by atoms with Crippen molar-refractivity contribution in [2.45, 2.75) is 6.18 Å². The van der Waals surface area contributed by atoms with Crippen LogP contribution in [-0.2, 0) is 6.18 Å². The van der Waals surface area contributed by atoms with Gasteiger partial charge in [0.1, 0.15) is 6.33 Å². The second-order valence-electron chi connectivity index (χ2n) is 3.48. The van der Waals surface area contributed by atoms with E-state index in [0.717, 1.165) is 18.5 Å². The quantitative estimate of drug-likeness (QED) is 0.887. The first-order valence-electron chi connectivity index (χ1n) is 4.91. The van der Waals surface area contributed by atoms with Crippen molar-refractivity contribution in [3.8, 4) is 0 Å². The summed E-state index contributed by atoms with van der Waals surface area (Å²) < 4.78 is 38.7. The van der Waals surface area contributed by atoms with Crippen LogP contribution in [0.3, 0.4) is 0 Å². The summed E-state index contributed by atoms with van der Waals surface area (Å²) in [5, 5.41) is 7.84. The van der Waals surface area contributed by atoms with Gasteiger partial charge in [0.15, 0.2) is 0 Å². The van der Waals surface area contributed by atoms with Crippen LogP contribution in [0.2, 0.25) is 0 Å². The Labute approximate surface area is 113 Å². The van der Waals surface area contributed by atoms with Crippen molar-refractivity contribution in [1.29, 1.82) is 0 Å². The van der Waals surface area contributed by atoms with E-state index in [1.54, 1.807) is 0 Å². The maximum atomic E-state index is 12.8. The van der Waals surface area contributed by atoms with Gasteiger partial charge >= 0.3 is 6.18 Å². The minimum atomic E-state index is -4.58. The van der Waals surface area contributed by atoms with E-state index < -0.39 is 17.6 Å². The summed E-state index contributed by atoms with van der Waals surface area (Å²) in [7, 11) is 0. The number of anilines is 1. The number of carbonyl (C=O) groups is 1. The SMILES string of the molecule is O=C(Nc1ccc(Br)cc1C(F)(F)F)c1ncn[nH]1. The molecule has 0 aliphatic rings. The Morgan fingerprint density at radius 2 is 2.11 bits per heavy atom.